The Labute approximate surface area is 185 Å². The third-order valence-corrected chi connectivity index (χ3v) is 4.84. The van der Waals surface area contributed by atoms with Gasteiger partial charge in [-0.3, -0.25) is 9.59 Å². The second kappa shape index (κ2) is 10.6. The molecule has 3 aromatic rings. The van der Waals surface area contributed by atoms with Crippen molar-refractivity contribution in [1.82, 2.24) is 15.5 Å². The normalized spacial score (nSPS) is 10.5. The van der Waals surface area contributed by atoms with Crippen molar-refractivity contribution in [2.75, 3.05) is 25.3 Å². The quantitative estimate of drug-likeness (QED) is 0.465. The van der Waals surface area contributed by atoms with Crippen molar-refractivity contribution in [3.63, 3.8) is 0 Å². The van der Waals surface area contributed by atoms with Gasteiger partial charge in [0, 0.05) is 11.6 Å². The summed E-state index contributed by atoms with van der Waals surface area (Å²) in [4.78, 5) is 24.3. The van der Waals surface area contributed by atoms with Gasteiger partial charge in [-0.05, 0) is 30.3 Å². The third kappa shape index (κ3) is 5.94. The molecule has 2 aromatic carbocycles. The van der Waals surface area contributed by atoms with Crippen LogP contribution in [0.25, 0.3) is 0 Å². The minimum Gasteiger partial charge on any atom is -0.493 e. The van der Waals surface area contributed by atoms with Crippen molar-refractivity contribution >= 4 is 29.3 Å². The van der Waals surface area contributed by atoms with Crippen LogP contribution in [0.4, 0.5) is 14.5 Å². The Morgan fingerprint density at radius 3 is 2.56 bits per heavy atom. The monoisotopic (exact) mass is 464 g/mol. The molecule has 0 bridgehead atoms. The van der Waals surface area contributed by atoms with Gasteiger partial charge in [-0.15, -0.1) is 10.2 Å². The van der Waals surface area contributed by atoms with Crippen LogP contribution in [-0.4, -0.2) is 42.0 Å². The molecule has 0 unspecified atom stereocenters. The number of aromatic nitrogens is 2. The van der Waals surface area contributed by atoms with Gasteiger partial charge in [-0.2, -0.15) is 0 Å². The molecule has 2 N–H and O–H groups in total. The highest BCUT2D eigenvalue weighted by Crippen LogP contribution is 2.27. The van der Waals surface area contributed by atoms with Crippen LogP contribution in [0.3, 0.4) is 0 Å². The number of carbonyl (C=O) groups is 2. The molecular weight excluding hydrogens is 446 g/mol. The lowest BCUT2D eigenvalue weighted by Gasteiger charge is -2.09. The molecule has 1 heterocycles. The second-order valence-corrected chi connectivity index (χ2v) is 7.10. The van der Waals surface area contributed by atoms with Gasteiger partial charge >= 0.3 is 0 Å². The van der Waals surface area contributed by atoms with Crippen molar-refractivity contribution in [2.24, 2.45) is 0 Å². The maximum atomic E-state index is 13.6. The Morgan fingerprint density at radius 2 is 1.84 bits per heavy atom. The van der Waals surface area contributed by atoms with Crippen LogP contribution in [-0.2, 0) is 11.3 Å². The molecule has 2 amide bonds. The van der Waals surface area contributed by atoms with Crippen molar-refractivity contribution < 1.29 is 32.3 Å². The van der Waals surface area contributed by atoms with E-state index < -0.39 is 17.5 Å². The standard InChI is InChI=1S/C20H18F2N4O5S/c1-29-15-6-3-11(7-16(15)30-2)19(28)23-9-18-25-26-20(31-18)32-10-17(27)24-14-5-4-12(21)8-13(14)22/h3-8H,9-10H2,1-2H3,(H,23,28)(H,24,27). The van der Waals surface area contributed by atoms with E-state index in [1.54, 1.807) is 12.1 Å². The first-order valence-corrected chi connectivity index (χ1v) is 10.1. The summed E-state index contributed by atoms with van der Waals surface area (Å²) in [7, 11) is 2.96. The predicted molar refractivity (Wildman–Crippen MR) is 111 cm³/mol. The molecule has 0 radical (unpaired) electrons. The highest BCUT2D eigenvalue weighted by molar-refractivity contribution is 7.99. The Bertz CT molecular complexity index is 1130. The number of carbonyl (C=O) groups excluding carboxylic acids is 2. The molecule has 0 aliphatic heterocycles. The topological polar surface area (TPSA) is 116 Å². The van der Waals surface area contributed by atoms with Crippen LogP contribution >= 0.6 is 11.8 Å². The lowest BCUT2D eigenvalue weighted by atomic mass is 10.2. The van der Waals surface area contributed by atoms with Gasteiger partial charge in [0.15, 0.2) is 11.5 Å². The maximum Gasteiger partial charge on any atom is 0.277 e. The number of methoxy groups -OCH3 is 2. The van der Waals surface area contributed by atoms with Crippen molar-refractivity contribution in [1.29, 1.82) is 0 Å². The minimum atomic E-state index is -0.881. The first-order chi connectivity index (χ1) is 15.4. The van der Waals surface area contributed by atoms with E-state index in [9.17, 15) is 18.4 Å². The van der Waals surface area contributed by atoms with Gasteiger partial charge in [0.2, 0.25) is 11.8 Å². The molecule has 9 nitrogen and oxygen atoms in total. The van der Waals surface area contributed by atoms with E-state index in [2.05, 4.69) is 20.8 Å². The average molecular weight is 464 g/mol. The van der Waals surface area contributed by atoms with Crippen LogP contribution in [0, 0.1) is 11.6 Å². The number of hydrogen-bond donors (Lipinski definition) is 2. The second-order valence-electron chi connectivity index (χ2n) is 6.18. The summed E-state index contributed by atoms with van der Waals surface area (Å²) in [6.07, 6.45) is 0. The fourth-order valence-corrected chi connectivity index (χ4v) is 3.09. The molecule has 0 fully saturated rings. The Morgan fingerprint density at radius 1 is 1.06 bits per heavy atom. The largest absolute Gasteiger partial charge is 0.493 e. The van der Waals surface area contributed by atoms with E-state index >= 15 is 0 Å². The van der Waals surface area contributed by atoms with Crippen LogP contribution in [0.5, 0.6) is 11.5 Å². The summed E-state index contributed by atoms with van der Waals surface area (Å²) in [5.41, 5.74) is 0.211. The van der Waals surface area contributed by atoms with Gasteiger partial charge in [-0.1, -0.05) is 11.8 Å². The molecule has 0 aliphatic carbocycles. The van der Waals surface area contributed by atoms with Crippen molar-refractivity contribution in [3.8, 4) is 11.5 Å². The molecule has 1 aromatic heterocycles. The van der Waals surface area contributed by atoms with Crippen LogP contribution < -0.4 is 20.1 Å². The van der Waals surface area contributed by atoms with Crippen LogP contribution in [0.1, 0.15) is 16.2 Å². The van der Waals surface area contributed by atoms with Crippen LogP contribution in [0.15, 0.2) is 46.0 Å². The van der Waals surface area contributed by atoms with E-state index in [0.717, 1.165) is 23.9 Å². The fraction of sp³-hybridized carbons (Fsp3) is 0.200. The number of anilines is 1. The lowest BCUT2D eigenvalue weighted by Crippen LogP contribution is -2.23. The molecule has 12 heteroatoms. The number of nitrogens with one attached hydrogen (secondary N) is 2. The molecule has 3 rings (SSSR count). The smallest absolute Gasteiger partial charge is 0.277 e. The average Bonchev–Trinajstić information content (AvgIpc) is 3.25. The van der Waals surface area contributed by atoms with Gasteiger partial charge in [0.05, 0.1) is 32.2 Å². The molecule has 0 saturated carbocycles. The summed E-state index contributed by atoms with van der Waals surface area (Å²) < 4.78 is 42.2. The number of benzene rings is 2. The van der Waals surface area contributed by atoms with E-state index in [4.69, 9.17) is 13.9 Å². The highest BCUT2D eigenvalue weighted by atomic mass is 32.2. The number of halogens is 2. The molecule has 32 heavy (non-hydrogen) atoms. The van der Waals surface area contributed by atoms with Gasteiger partial charge < -0.3 is 24.5 Å². The fourth-order valence-electron chi connectivity index (χ4n) is 2.51. The van der Waals surface area contributed by atoms with E-state index in [0.29, 0.717) is 23.1 Å². The molecule has 0 aliphatic rings. The summed E-state index contributed by atoms with van der Waals surface area (Å²) in [6.45, 7) is -0.0340. The number of rotatable bonds is 9. The number of nitrogens with zero attached hydrogens (tertiary/aromatic N) is 2. The Balaban J connectivity index is 1.49. The Kier molecular flexibility index (Phi) is 7.60. The van der Waals surface area contributed by atoms with Gasteiger partial charge in [0.25, 0.3) is 11.1 Å². The lowest BCUT2D eigenvalue weighted by molar-refractivity contribution is -0.113. The summed E-state index contributed by atoms with van der Waals surface area (Å²) in [5.74, 6) is -1.66. The summed E-state index contributed by atoms with van der Waals surface area (Å²) in [6, 6.07) is 7.55. The third-order valence-electron chi connectivity index (χ3n) is 4.03. The highest BCUT2D eigenvalue weighted by Gasteiger charge is 2.14. The number of hydrogen-bond acceptors (Lipinski definition) is 8. The SMILES string of the molecule is COc1ccc(C(=O)NCc2nnc(SCC(=O)Nc3ccc(F)cc3F)o2)cc1OC. The maximum absolute atomic E-state index is 13.6. The zero-order valence-corrected chi connectivity index (χ0v) is 17.8. The number of ether oxygens (including phenoxy) is 2. The van der Waals surface area contributed by atoms with Crippen LogP contribution in [0.2, 0.25) is 0 Å². The zero-order valence-electron chi connectivity index (χ0n) is 17.0. The van der Waals surface area contributed by atoms with E-state index in [1.807, 2.05) is 0 Å². The summed E-state index contributed by atoms with van der Waals surface area (Å²) in [5, 5.41) is 12.6. The van der Waals surface area contributed by atoms with E-state index in [-0.39, 0.29) is 35.0 Å². The molecule has 0 atom stereocenters. The zero-order chi connectivity index (χ0) is 23.1. The van der Waals surface area contributed by atoms with E-state index in [1.165, 1.54) is 20.3 Å². The Hall–Kier alpha value is -3.67. The molecule has 0 saturated heterocycles. The molecular formula is C20H18F2N4O5S. The molecule has 168 valence electrons. The predicted octanol–water partition coefficient (Wildman–Crippen LogP) is 3.03. The van der Waals surface area contributed by atoms with Crippen molar-refractivity contribution in [2.45, 2.75) is 11.8 Å². The van der Waals surface area contributed by atoms with Gasteiger partial charge in [0.1, 0.15) is 11.6 Å². The number of amides is 2. The molecule has 0 spiro atoms. The first-order valence-electron chi connectivity index (χ1n) is 9.10. The summed E-state index contributed by atoms with van der Waals surface area (Å²) >= 11 is 0.925. The first kappa shape index (κ1) is 23.0. The van der Waals surface area contributed by atoms with Crippen molar-refractivity contribution in [3.05, 3.63) is 59.5 Å². The number of thioether (sulfide) groups is 1. The van der Waals surface area contributed by atoms with Gasteiger partial charge in [-0.25, -0.2) is 8.78 Å². The minimum absolute atomic E-state index is 0.0340.